The molecule has 1 atom stereocenters. The molecule has 1 heterocycles. The molecule has 1 unspecified atom stereocenters. The van der Waals surface area contributed by atoms with Gasteiger partial charge in [0.25, 0.3) is 0 Å². The van der Waals surface area contributed by atoms with Crippen molar-refractivity contribution < 1.29 is 14.1 Å². The number of aliphatic imine (C=N–C) groups is 1. The number of rotatable bonds is 1. The van der Waals surface area contributed by atoms with Crippen molar-refractivity contribution in [1.29, 1.82) is 0 Å². The van der Waals surface area contributed by atoms with Crippen LogP contribution in [-0.4, -0.2) is 20.3 Å². The van der Waals surface area contributed by atoms with Gasteiger partial charge >= 0.3 is 5.97 Å². The standard InChI is InChI=1S/C5H5NO3S/c1-3-2-10(9)4(6-3)5(7)8/h2H,1H3,(H,7,8). The van der Waals surface area contributed by atoms with E-state index >= 15 is 0 Å². The maximum Gasteiger partial charge on any atom is 0.364 e. The maximum absolute atomic E-state index is 10.7. The van der Waals surface area contributed by atoms with Crippen LogP contribution in [0.1, 0.15) is 6.92 Å². The SMILES string of the molecule is CC1=CS(=O)C(C(=O)O)=N1. The van der Waals surface area contributed by atoms with Crippen LogP contribution in [0.5, 0.6) is 0 Å². The minimum Gasteiger partial charge on any atom is -0.476 e. The number of nitrogens with zero attached hydrogens (tertiary/aromatic N) is 1. The van der Waals surface area contributed by atoms with Gasteiger partial charge in [0, 0.05) is 11.1 Å². The molecule has 1 aliphatic rings. The lowest BCUT2D eigenvalue weighted by Gasteiger charge is -1.86. The summed E-state index contributed by atoms with van der Waals surface area (Å²) in [6, 6.07) is 0. The second-order valence-corrected chi connectivity index (χ2v) is 3.00. The molecule has 0 fully saturated rings. The molecule has 0 amide bonds. The number of hydrogen-bond donors (Lipinski definition) is 1. The zero-order valence-electron chi connectivity index (χ0n) is 5.20. The van der Waals surface area contributed by atoms with E-state index in [9.17, 15) is 9.00 Å². The van der Waals surface area contributed by atoms with Gasteiger partial charge in [0.1, 0.15) is 10.8 Å². The van der Waals surface area contributed by atoms with Crippen molar-refractivity contribution in [2.75, 3.05) is 0 Å². The molecule has 1 rings (SSSR count). The molecule has 0 spiro atoms. The fraction of sp³-hybridized carbons (Fsp3) is 0.200. The first-order valence-electron chi connectivity index (χ1n) is 2.52. The lowest BCUT2D eigenvalue weighted by Crippen LogP contribution is -2.14. The van der Waals surface area contributed by atoms with Crippen molar-refractivity contribution in [2.24, 2.45) is 4.99 Å². The number of aliphatic carboxylic acids is 1. The first-order chi connectivity index (χ1) is 4.61. The minimum absolute atomic E-state index is 0.280. The summed E-state index contributed by atoms with van der Waals surface area (Å²) in [6.07, 6.45) is 0. The Balaban J connectivity index is 2.96. The Kier molecular flexibility index (Phi) is 1.67. The monoisotopic (exact) mass is 159 g/mol. The highest BCUT2D eigenvalue weighted by atomic mass is 32.2. The Morgan fingerprint density at radius 1 is 1.80 bits per heavy atom. The first-order valence-corrected chi connectivity index (χ1v) is 3.73. The Morgan fingerprint density at radius 2 is 2.40 bits per heavy atom. The van der Waals surface area contributed by atoms with Crippen molar-refractivity contribution in [3.8, 4) is 0 Å². The lowest BCUT2D eigenvalue weighted by molar-refractivity contribution is -0.129. The first kappa shape index (κ1) is 7.14. The van der Waals surface area contributed by atoms with Crippen molar-refractivity contribution in [1.82, 2.24) is 0 Å². The molecule has 0 aliphatic carbocycles. The minimum atomic E-state index is -1.53. The van der Waals surface area contributed by atoms with Gasteiger partial charge in [-0.3, -0.25) is 0 Å². The number of carboxylic acids is 1. The largest absolute Gasteiger partial charge is 0.476 e. The van der Waals surface area contributed by atoms with E-state index in [0.717, 1.165) is 0 Å². The van der Waals surface area contributed by atoms with Crippen molar-refractivity contribution in [2.45, 2.75) is 6.92 Å². The van der Waals surface area contributed by atoms with E-state index in [1.165, 1.54) is 5.41 Å². The van der Waals surface area contributed by atoms with Crippen molar-refractivity contribution >= 4 is 21.8 Å². The second kappa shape index (κ2) is 2.34. The van der Waals surface area contributed by atoms with E-state index in [1.54, 1.807) is 6.92 Å². The van der Waals surface area contributed by atoms with Crippen LogP contribution < -0.4 is 0 Å². The van der Waals surface area contributed by atoms with E-state index in [2.05, 4.69) is 4.99 Å². The van der Waals surface area contributed by atoms with Gasteiger partial charge < -0.3 is 5.11 Å². The van der Waals surface area contributed by atoms with Crippen molar-refractivity contribution in [3.63, 3.8) is 0 Å². The van der Waals surface area contributed by atoms with Crippen LogP contribution in [0.2, 0.25) is 0 Å². The average molecular weight is 159 g/mol. The molecule has 1 N–H and O–H groups in total. The summed E-state index contributed by atoms with van der Waals surface area (Å²) < 4.78 is 10.7. The van der Waals surface area contributed by atoms with E-state index < -0.39 is 16.8 Å². The second-order valence-electron chi connectivity index (χ2n) is 1.78. The molecule has 54 valence electrons. The molecule has 0 aromatic rings. The summed E-state index contributed by atoms with van der Waals surface area (Å²) in [5.74, 6) is -1.22. The van der Waals surface area contributed by atoms with Gasteiger partial charge in [0.15, 0.2) is 0 Å². The molecule has 0 saturated heterocycles. The molecule has 5 heteroatoms. The number of carbonyl (C=O) groups is 1. The fourth-order valence-electron chi connectivity index (χ4n) is 0.576. The van der Waals surface area contributed by atoms with E-state index in [1.807, 2.05) is 0 Å². The van der Waals surface area contributed by atoms with Gasteiger partial charge in [-0.05, 0) is 6.92 Å². The molecule has 0 radical (unpaired) electrons. The molecule has 0 bridgehead atoms. The third-order valence-electron chi connectivity index (χ3n) is 0.929. The van der Waals surface area contributed by atoms with Crippen LogP contribution in [0.15, 0.2) is 16.1 Å². The molecule has 0 saturated carbocycles. The zero-order valence-corrected chi connectivity index (χ0v) is 6.01. The fourth-order valence-corrected chi connectivity index (χ4v) is 1.46. The molecule has 1 aliphatic heterocycles. The Hall–Kier alpha value is -0.970. The lowest BCUT2D eigenvalue weighted by atomic mass is 10.6. The van der Waals surface area contributed by atoms with Gasteiger partial charge in [-0.2, -0.15) is 0 Å². The Bertz CT molecular complexity index is 266. The summed E-state index contributed by atoms with van der Waals surface area (Å²) in [5, 5.41) is 9.37. The molecule has 0 aromatic heterocycles. The van der Waals surface area contributed by atoms with Gasteiger partial charge in [0.05, 0.1) is 0 Å². The summed E-state index contributed by atoms with van der Waals surface area (Å²) in [4.78, 5) is 13.7. The average Bonchev–Trinajstić information content (AvgIpc) is 2.10. The van der Waals surface area contributed by atoms with Gasteiger partial charge in [-0.1, -0.05) is 0 Å². The third-order valence-corrected chi connectivity index (χ3v) is 2.13. The summed E-state index contributed by atoms with van der Waals surface area (Å²) >= 11 is 0. The Morgan fingerprint density at radius 3 is 2.60 bits per heavy atom. The van der Waals surface area contributed by atoms with E-state index in [0.29, 0.717) is 5.70 Å². The predicted octanol–water partition coefficient (Wildman–Crippen LogP) is 0.0931. The molecule has 10 heavy (non-hydrogen) atoms. The van der Waals surface area contributed by atoms with Crippen LogP contribution in [0.25, 0.3) is 0 Å². The van der Waals surface area contributed by atoms with Crippen LogP contribution in [0, 0.1) is 0 Å². The van der Waals surface area contributed by atoms with Crippen LogP contribution in [0.4, 0.5) is 0 Å². The van der Waals surface area contributed by atoms with Gasteiger partial charge in [-0.25, -0.2) is 14.0 Å². The Labute approximate surface area is 59.7 Å². The quantitative estimate of drug-likeness (QED) is 0.589. The smallest absolute Gasteiger partial charge is 0.364 e. The number of allylic oxidation sites excluding steroid dienone is 1. The van der Waals surface area contributed by atoms with E-state index in [-0.39, 0.29) is 5.04 Å². The van der Waals surface area contributed by atoms with E-state index in [4.69, 9.17) is 5.11 Å². The van der Waals surface area contributed by atoms with Gasteiger partial charge in [-0.15, -0.1) is 0 Å². The highest BCUT2D eigenvalue weighted by molar-refractivity contribution is 8.05. The molecule has 0 aromatic carbocycles. The number of hydrogen-bond acceptors (Lipinski definition) is 3. The third kappa shape index (κ3) is 1.13. The maximum atomic E-state index is 10.7. The summed E-state index contributed by atoms with van der Waals surface area (Å²) in [7, 11) is -1.53. The molecular weight excluding hydrogens is 154 g/mol. The van der Waals surface area contributed by atoms with Crippen LogP contribution in [-0.2, 0) is 15.6 Å². The normalized spacial score (nSPS) is 23.9. The summed E-state index contributed by atoms with van der Waals surface area (Å²) in [6.45, 7) is 1.60. The van der Waals surface area contributed by atoms with Crippen molar-refractivity contribution in [3.05, 3.63) is 11.1 Å². The number of carboxylic acid groups (broad SMARTS) is 1. The summed E-state index contributed by atoms with van der Waals surface area (Å²) in [5.41, 5.74) is 0.496. The predicted molar refractivity (Wildman–Crippen MR) is 37.0 cm³/mol. The highest BCUT2D eigenvalue weighted by Gasteiger charge is 2.20. The molecular formula is C5H5NO3S. The van der Waals surface area contributed by atoms with Crippen LogP contribution >= 0.6 is 0 Å². The highest BCUT2D eigenvalue weighted by Crippen LogP contribution is 2.09. The zero-order chi connectivity index (χ0) is 7.72. The van der Waals surface area contributed by atoms with Crippen LogP contribution in [0.3, 0.4) is 0 Å². The van der Waals surface area contributed by atoms with Gasteiger partial charge in [0.2, 0.25) is 5.04 Å². The molecule has 4 nitrogen and oxygen atoms in total. The topological polar surface area (TPSA) is 66.7 Å².